The van der Waals surface area contributed by atoms with Crippen LogP contribution in [0.1, 0.15) is 48.1 Å². The number of anilines is 1. The zero-order valence-corrected chi connectivity index (χ0v) is 13.9. The lowest BCUT2D eigenvalue weighted by atomic mass is 9.95. The smallest absolute Gasteiger partial charge is 0.292 e. The van der Waals surface area contributed by atoms with E-state index in [0.717, 1.165) is 56.6 Å². The standard InChI is InChI=1S/C17H23N5O2/c1-2-13-9-15(24-21-13)17(23)22-6-3-4-12(5-7-22)8-14-10-20-16(18)11-19-14/h9-12H,2-8H2,1H3,(H2,18,20). The van der Waals surface area contributed by atoms with Crippen molar-refractivity contribution < 1.29 is 9.32 Å². The number of rotatable bonds is 4. The third-order valence-electron chi connectivity index (χ3n) is 4.49. The maximum Gasteiger partial charge on any atom is 0.292 e. The molecule has 24 heavy (non-hydrogen) atoms. The molecule has 1 fully saturated rings. The molecule has 0 aliphatic carbocycles. The SMILES string of the molecule is CCc1cc(C(=O)N2CCCC(Cc3cnc(N)cn3)CC2)on1. The summed E-state index contributed by atoms with van der Waals surface area (Å²) in [6, 6.07) is 1.74. The maximum atomic E-state index is 12.5. The third-order valence-corrected chi connectivity index (χ3v) is 4.49. The molecule has 1 aliphatic heterocycles. The van der Waals surface area contributed by atoms with Gasteiger partial charge in [-0.25, -0.2) is 4.98 Å². The minimum absolute atomic E-state index is 0.0601. The second kappa shape index (κ2) is 7.42. The lowest BCUT2D eigenvalue weighted by molar-refractivity contribution is 0.0718. The van der Waals surface area contributed by atoms with Gasteiger partial charge >= 0.3 is 0 Å². The second-order valence-electron chi connectivity index (χ2n) is 6.26. The van der Waals surface area contributed by atoms with Crippen LogP contribution in [0.3, 0.4) is 0 Å². The summed E-state index contributed by atoms with van der Waals surface area (Å²) in [5.41, 5.74) is 7.34. The normalized spacial score (nSPS) is 18.4. The average molecular weight is 329 g/mol. The number of carbonyl (C=O) groups is 1. The molecule has 1 amide bonds. The molecule has 7 heteroatoms. The number of nitrogen functional groups attached to an aromatic ring is 1. The lowest BCUT2D eigenvalue weighted by Crippen LogP contribution is -2.31. The van der Waals surface area contributed by atoms with Gasteiger partial charge in [0.25, 0.3) is 5.91 Å². The van der Waals surface area contributed by atoms with Gasteiger partial charge in [-0.2, -0.15) is 0 Å². The fourth-order valence-corrected chi connectivity index (χ4v) is 3.07. The number of hydrogen-bond donors (Lipinski definition) is 1. The zero-order valence-electron chi connectivity index (χ0n) is 13.9. The van der Waals surface area contributed by atoms with E-state index in [4.69, 9.17) is 10.3 Å². The van der Waals surface area contributed by atoms with Gasteiger partial charge in [-0.15, -0.1) is 0 Å². The summed E-state index contributed by atoms with van der Waals surface area (Å²) in [4.78, 5) is 22.8. The molecule has 3 rings (SSSR count). The number of aromatic nitrogens is 3. The van der Waals surface area contributed by atoms with Crippen molar-refractivity contribution in [1.29, 1.82) is 0 Å². The van der Waals surface area contributed by atoms with Crippen molar-refractivity contribution in [3.63, 3.8) is 0 Å². The molecule has 128 valence electrons. The van der Waals surface area contributed by atoms with Gasteiger partial charge < -0.3 is 15.2 Å². The Labute approximate surface area is 141 Å². The predicted molar refractivity (Wildman–Crippen MR) is 89.3 cm³/mol. The van der Waals surface area contributed by atoms with Crippen molar-refractivity contribution in [3.05, 3.63) is 35.6 Å². The van der Waals surface area contributed by atoms with Gasteiger partial charge in [-0.1, -0.05) is 12.1 Å². The van der Waals surface area contributed by atoms with Crippen LogP contribution in [0.15, 0.2) is 23.0 Å². The van der Waals surface area contributed by atoms with E-state index in [1.165, 1.54) is 0 Å². The summed E-state index contributed by atoms with van der Waals surface area (Å²) >= 11 is 0. The highest BCUT2D eigenvalue weighted by molar-refractivity contribution is 5.91. The highest BCUT2D eigenvalue weighted by atomic mass is 16.5. The Kier molecular flexibility index (Phi) is 5.08. The van der Waals surface area contributed by atoms with Gasteiger partial charge in [0.2, 0.25) is 5.76 Å². The molecular formula is C17H23N5O2. The van der Waals surface area contributed by atoms with Crippen molar-refractivity contribution >= 4 is 11.7 Å². The monoisotopic (exact) mass is 329 g/mol. The summed E-state index contributed by atoms with van der Waals surface area (Å²) < 4.78 is 5.17. The van der Waals surface area contributed by atoms with Crippen LogP contribution in [-0.4, -0.2) is 39.0 Å². The average Bonchev–Trinajstić information content (AvgIpc) is 2.96. The molecule has 0 radical (unpaired) electrons. The quantitative estimate of drug-likeness (QED) is 0.922. The molecule has 3 heterocycles. The van der Waals surface area contributed by atoms with Crippen molar-refractivity contribution in [2.45, 2.75) is 39.0 Å². The number of likely N-dealkylation sites (tertiary alicyclic amines) is 1. The third kappa shape index (κ3) is 3.90. The number of amides is 1. The molecule has 1 atom stereocenters. The molecule has 2 N–H and O–H groups in total. The van der Waals surface area contributed by atoms with Gasteiger partial charge in [0.1, 0.15) is 5.82 Å². The summed E-state index contributed by atoms with van der Waals surface area (Å²) in [5.74, 6) is 1.22. The summed E-state index contributed by atoms with van der Waals surface area (Å²) in [5, 5.41) is 3.90. The number of carbonyl (C=O) groups excluding carboxylic acids is 1. The fraction of sp³-hybridized carbons (Fsp3) is 0.529. The number of aryl methyl sites for hydroxylation is 1. The van der Waals surface area contributed by atoms with Crippen LogP contribution in [0.2, 0.25) is 0 Å². The van der Waals surface area contributed by atoms with E-state index in [1.807, 2.05) is 11.8 Å². The van der Waals surface area contributed by atoms with Crippen molar-refractivity contribution in [1.82, 2.24) is 20.0 Å². The Morgan fingerprint density at radius 2 is 2.17 bits per heavy atom. The summed E-state index contributed by atoms with van der Waals surface area (Å²) in [7, 11) is 0. The number of hydrogen-bond acceptors (Lipinski definition) is 6. The first kappa shape index (κ1) is 16.4. The maximum absolute atomic E-state index is 12.5. The molecule has 2 aromatic heterocycles. The lowest BCUT2D eigenvalue weighted by Gasteiger charge is -2.19. The minimum atomic E-state index is -0.0601. The Morgan fingerprint density at radius 3 is 2.88 bits per heavy atom. The van der Waals surface area contributed by atoms with Crippen LogP contribution < -0.4 is 5.73 Å². The van der Waals surface area contributed by atoms with Gasteiger partial charge in [0.05, 0.1) is 23.8 Å². The Balaban J connectivity index is 1.58. The van der Waals surface area contributed by atoms with E-state index in [9.17, 15) is 4.79 Å². The topological polar surface area (TPSA) is 98.1 Å². The minimum Gasteiger partial charge on any atom is -0.382 e. The number of nitrogens with two attached hydrogens (primary N) is 1. The van der Waals surface area contributed by atoms with Gasteiger partial charge in [-0.05, 0) is 38.0 Å². The highest BCUT2D eigenvalue weighted by Gasteiger charge is 2.24. The molecule has 0 bridgehead atoms. The van der Waals surface area contributed by atoms with Crippen LogP contribution in [0.5, 0.6) is 0 Å². The molecule has 0 saturated carbocycles. The van der Waals surface area contributed by atoms with Gasteiger partial charge in [0.15, 0.2) is 0 Å². The number of nitrogens with zero attached hydrogens (tertiary/aromatic N) is 4. The van der Waals surface area contributed by atoms with Crippen molar-refractivity contribution in [3.8, 4) is 0 Å². The fourth-order valence-electron chi connectivity index (χ4n) is 3.07. The van der Waals surface area contributed by atoms with E-state index in [-0.39, 0.29) is 5.91 Å². The van der Waals surface area contributed by atoms with Crippen LogP contribution in [0, 0.1) is 5.92 Å². The first-order chi connectivity index (χ1) is 11.7. The van der Waals surface area contributed by atoms with Crippen molar-refractivity contribution in [2.24, 2.45) is 5.92 Å². The highest BCUT2D eigenvalue weighted by Crippen LogP contribution is 2.22. The first-order valence-electron chi connectivity index (χ1n) is 8.47. The first-order valence-corrected chi connectivity index (χ1v) is 8.47. The van der Waals surface area contributed by atoms with E-state index in [2.05, 4.69) is 15.1 Å². The van der Waals surface area contributed by atoms with Crippen LogP contribution >= 0.6 is 0 Å². The molecule has 1 unspecified atom stereocenters. The summed E-state index contributed by atoms with van der Waals surface area (Å²) in [6.45, 7) is 3.47. The largest absolute Gasteiger partial charge is 0.382 e. The molecule has 2 aromatic rings. The molecule has 1 saturated heterocycles. The molecular weight excluding hydrogens is 306 g/mol. The Morgan fingerprint density at radius 1 is 1.29 bits per heavy atom. The van der Waals surface area contributed by atoms with Crippen LogP contribution in [0.4, 0.5) is 5.82 Å². The Bertz CT molecular complexity index is 683. The summed E-state index contributed by atoms with van der Waals surface area (Å²) in [6.07, 6.45) is 7.98. The molecule has 7 nitrogen and oxygen atoms in total. The van der Waals surface area contributed by atoms with Crippen LogP contribution in [0.25, 0.3) is 0 Å². The van der Waals surface area contributed by atoms with Gasteiger partial charge in [0, 0.05) is 19.2 Å². The zero-order chi connectivity index (χ0) is 16.9. The second-order valence-corrected chi connectivity index (χ2v) is 6.26. The van der Waals surface area contributed by atoms with E-state index < -0.39 is 0 Å². The molecule has 0 aromatic carbocycles. The van der Waals surface area contributed by atoms with Gasteiger partial charge in [-0.3, -0.25) is 9.78 Å². The van der Waals surface area contributed by atoms with Crippen molar-refractivity contribution in [2.75, 3.05) is 18.8 Å². The van der Waals surface area contributed by atoms with Crippen LogP contribution in [-0.2, 0) is 12.8 Å². The predicted octanol–water partition coefficient (Wildman–Crippen LogP) is 2.09. The Hall–Kier alpha value is -2.44. The van der Waals surface area contributed by atoms with E-state index >= 15 is 0 Å². The molecule has 1 aliphatic rings. The molecule has 0 spiro atoms. The van der Waals surface area contributed by atoms with E-state index in [0.29, 0.717) is 17.5 Å². The van der Waals surface area contributed by atoms with E-state index in [1.54, 1.807) is 18.5 Å².